The molecule has 1 aromatic rings. The van der Waals surface area contributed by atoms with Gasteiger partial charge in [-0.1, -0.05) is 0 Å². The summed E-state index contributed by atoms with van der Waals surface area (Å²) in [6, 6.07) is 2.03. The van der Waals surface area contributed by atoms with E-state index in [0.717, 1.165) is 17.0 Å². The molecule has 6 heteroatoms. The predicted molar refractivity (Wildman–Crippen MR) is 52.7 cm³/mol. The molecule has 0 aromatic heterocycles. The van der Waals surface area contributed by atoms with Crippen LogP contribution < -0.4 is 10.6 Å². The summed E-state index contributed by atoms with van der Waals surface area (Å²) in [6.07, 6.45) is -0.296. The molecule has 1 aliphatic rings. The molecule has 0 unspecified atom stereocenters. The van der Waals surface area contributed by atoms with E-state index in [-0.39, 0.29) is 30.1 Å². The average Bonchev–Trinajstić information content (AvgIpc) is 2.53. The fourth-order valence-electron chi connectivity index (χ4n) is 1.62. The number of hydrogen-bond donors (Lipinski definition) is 1. The number of rotatable bonds is 1. The number of halogens is 2. The molecule has 0 aliphatic carbocycles. The van der Waals surface area contributed by atoms with Crippen LogP contribution in [0.2, 0.25) is 0 Å². The third-order valence-corrected chi connectivity index (χ3v) is 2.35. The number of nitrogens with zero attached hydrogens (tertiary/aromatic N) is 1. The molecule has 1 aromatic carbocycles. The zero-order chi connectivity index (χ0) is 11.9. The van der Waals surface area contributed by atoms with Gasteiger partial charge >= 0.3 is 0 Å². The molecule has 0 saturated carbocycles. The van der Waals surface area contributed by atoms with Crippen LogP contribution in [0, 0.1) is 11.6 Å². The Morgan fingerprint density at radius 2 is 1.94 bits per heavy atom. The monoisotopic (exact) mass is 226 g/mol. The molecule has 2 rings (SSSR count). The number of nitrogen functional groups attached to an aromatic ring is 1. The average molecular weight is 226 g/mol. The van der Waals surface area contributed by atoms with Crippen LogP contribution in [0.25, 0.3) is 0 Å². The second kappa shape index (κ2) is 3.55. The van der Waals surface area contributed by atoms with Crippen molar-refractivity contribution in [2.75, 3.05) is 17.2 Å². The van der Waals surface area contributed by atoms with Crippen LogP contribution in [-0.2, 0) is 9.59 Å². The molecule has 0 bridgehead atoms. The van der Waals surface area contributed by atoms with E-state index in [4.69, 9.17) is 5.73 Å². The minimum atomic E-state index is -1.21. The lowest BCUT2D eigenvalue weighted by atomic mass is 10.2. The summed E-state index contributed by atoms with van der Waals surface area (Å²) in [4.78, 5) is 23.3. The molecule has 16 heavy (non-hydrogen) atoms. The maximum absolute atomic E-state index is 13.5. The van der Waals surface area contributed by atoms with Gasteiger partial charge in [0, 0.05) is 0 Å². The van der Waals surface area contributed by atoms with E-state index in [9.17, 15) is 18.4 Å². The second-order valence-corrected chi connectivity index (χ2v) is 3.49. The van der Waals surface area contributed by atoms with Crippen LogP contribution in [0.4, 0.5) is 20.2 Å². The van der Waals surface area contributed by atoms with Gasteiger partial charge < -0.3 is 5.73 Å². The second-order valence-electron chi connectivity index (χ2n) is 3.49. The number of hydrogen-bond acceptors (Lipinski definition) is 3. The summed E-state index contributed by atoms with van der Waals surface area (Å²) in [6.45, 7) is -0.261. The van der Waals surface area contributed by atoms with Crippen molar-refractivity contribution in [2.24, 2.45) is 0 Å². The first-order valence-electron chi connectivity index (χ1n) is 4.56. The first-order valence-corrected chi connectivity index (χ1v) is 4.56. The lowest BCUT2D eigenvalue weighted by Crippen LogP contribution is -2.27. The summed E-state index contributed by atoms with van der Waals surface area (Å²) >= 11 is 0. The van der Waals surface area contributed by atoms with E-state index >= 15 is 0 Å². The van der Waals surface area contributed by atoms with Crippen molar-refractivity contribution < 1.29 is 18.4 Å². The van der Waals surface area contributed by atoms with Crippen molar-refractivity contribution in [3.8, 4) is 0 Å². The first kappa shape index (κ1) is 10.5. The number of ketones is 1. The van der Waals surface area contributed by atoms with Crippen molar-refractivity contribution in [2.45, 2.75) is 6.42 Å². The SMILES string of the molecule is Nc1ccc(F)c(F)c1N1CC(=O)CC1=O. The van der Waals surface area contributed by atoms with E-state index < -0.39 is 17.5 Å². The van der Waals surface area contributed by atoms with Crippen LogP contribution in [0.5, 0.6) is 0 Å². The van der Waals surface area contributed by atoms with Crippen molar-refractivity contribution >= 4 is 23.1 Å². The Balaban J connectivity index is 2.52. The molecule has 0 spiro atoms. The third-order valence-electron chi connectivity index (χ3n) is 2.35. The number of anilines is 2. The van der Waals surface area contributed by atoms with Crippen molar-refractivity contribution in [3.63, 3.8) is 0 Å². The number of nitrogens with two attached hydrogens (primary N) is 1. The molecule has 1 amide bonds. The van der Waals surface area contributed by atoms with Gasteiger partial charge in [-0.2, -0.15) is 0 Å². The predicted octanol–water partition coefficient (Wildman–Crippen LogP) is 0.853. The summed E-state index contributed by atoms with van der Waals surface area (Å²) in [5, 5.41) is 0. The first-order chi connectivity index (χ1) is 7.50. The molecule has 0 radical (unpaired) electrons. The summed E-state index contributed by atoms with van der Waals surface area (Å²) in [5.41, 5.74) is 5.05. The van der Waals surface area contributed by atoms with Gasteiger partial charge in [0.05, 0.1) is 18.7 Å². The Kier molecular flexibility index (Phi) is 2.34. The molecule has 1 aliphatic heterocycles. The standard InChI is InChI=1S/C10H8F2N2O2/c11-6-1-2-7(13)10(9(6)12)14-4-5(15)3-8(14)16/h1-2H,3-4,13H2. The fraction of sp³-hybridized carbons (Fsp3) is 0.200. The lowest BCUT2D eigenvalue weighted by molar-refractivity contribution is -0.121. The molecule has 84 valence electrons. The summed E-state index contributed by atoms with van der Waals surface area (Å²) in [7, 11) is 0. The normalized spacial score (nSPS) is 16.0. The number of amides is 1. The largest absolute Gasteiger partial charge is 0.397 e. The summed E-state index contributed by atoms with van der Waals surface area (Å²) < 4.78 is 26.4. The molecule has 1 saturated heterocycles. The molecule has 1 fully saturated rings. The van der Waals surface area contributed by atoms with E-state index in [1.54, 1.807) is 0 Å². The Labute approximate surface area is 89.6 Å². The van der Waals surface area contributed by atoms with Gasteiger partial charge in [-0.15, -0.1) is 0 Å². The molecule has 1 heterocycles. The summed E-state index contributed by atoms with van der Waals surface area (Å²) in [5.74, 6) is -3.21. The Bertz CT molecular complexity index is 488. The smallest absolute Gasteiger partial charge is 0.235 e. The fourth-order valence-corrected chi connectivity index (χ4v) is 1.62. The molecule has 2 N–H and O–H groups in total. The Morgan fingerprint density at radius 3 is 2.50 bits per heavy atom. The molecular formula is C10H8F2N2O2. The van der Waals surface area contributed by atoms with Gasteiger partial charge in [0.25, 0.3) is 0 Å². The van der Waals surface area contributed by atoms with E-state index in [1.165, 1.54) is 0 Å². The van der Waals surface area contributed by atoms with Gasteiger partial charge in [-0.25, -0.2) is 8.78 Å². The maximum Gasteiger partial charge on any atom is 0.235 e. The highest BCUT2D eigenvalue weighted by molar-refractivity contribution is 6.16. The van der Waals surface area contributed by atoms with Crippen LogP contribution in [0.15, 0.2) is 12.1 Å². The van der Waals surface area contributed by atoms with Gasteiger partial charge in [-0.05, 0) is 12.1 Å². The van der Waals surface area contributed by atoms with Crippen molar-refractivity contribution in [3.05, 3.63) is 23.8 Å². The van der Waals surface area contributed by atoms with E-state index in [2.05, 4.69) is 0 Å². The lowest BCUT2D eigenvalue weighted by Gasteiger charge is -2.17. The third kappa shape index (κ3) is 1.52. The van der Waals surface area contributed by atoms with E-state index in [1.807, 2.05) is 0 Å². The van der Waals surface area contributed by atoms with Crippen LogP contribution in [0.3, 0.4) is 0 Å². The Morgan fingerprint density at radius 1 is 1.25 bits per heavy atom. The van der Waals surface area contributed by atoms with Gasteiger partial charge in [0.15, 0.2) is 17.4 Å². The van der Waals surface area contributed by atoms with E-state index in [0.29, 0.717) is 0 Å². The van der Waals surface area contributed by atoms with Crippen molar-refractivity contribution in [1.82, 2.24) is 0 Å². The van der Waals surface area contributed by atoms with Crippen LogP contribution >= 0.6 is 0 Å². The van der Waals surface area contributed by atoms with Crippen molar-refractivity contribution in [1.29, 1.82) is 0 Å². The van der Waals surface area contributed by atoms with Gasteiger partial charge in [-0.3, -0.25) is 14.5 Å². The minimum Gasteiger partial charge on any atom is -0.397 e. The van der Waals surface area contributed by atoms with Gasteiger partial charge in [0.2, 0.25) is 5.91 Å². The number of benzene rings is 1. The number of carbonyl (C=O) groups excluding carboxylic acids is 2. The molecular weight excluding hydrogens is 218 g/mol. The Hall–Kier alpha value is -1.98. The number of carbonyl (C=O) groups is 2. The zero-order valence-corrected chi connectivity index (χ0v) is 8.17. The quantitative estimate of drug-likeness (QED) is 0.570. The topological polar surface area (TPSA) is 63.4 Å². The number of Topliss-reactive ketones (excluding diaryl/α,β-unsaturated/α-hetero) is 1. The van der Waals surface area contributed by atoms with Crippen LogP contribution in [-0.4, -0.2) is 18.2 Å². The highest BCUT2D eigenvalue weighted by Crippen LogP contribution is 2.30. The highest BCUT2D eigenvalue weighted by Gasteiger charge is 2.32. The molecule has 0 atom stereocenters. The molecule has 4 nitrogen and oxygen atoms in total. The zero-order valence-electron chi connectivity index (χ0n) is 8.17. The minimum absolute atomic E-state index is 0.0676. The highest BCUT2D eigenvalue weighted by atomic mass is 19.2. The van der Waals surface area contributed by atoms with Crippen LogP contribution in [0.1, 0.15) is 6.42 Å². The maximum atomic E-state index is 13.5. The van der Waals surface area contributed by atoms with Gasteiger partial charge in [0.1, 0.15) is 5.69 Å².